The summed E-state index contributed by atoms with van der Waals surface area (Å²) < 4.78 is 5.17. The zero-order valence-electron chi connectivity index (χ0n) is 11.5. The van der Waals surface area contributed by atoms with E-state index >= 15 is 0 Å². The van der Waals surface area contributed by atoms with Crippen LogP contribution in [0.3, 0.4) is 0 Å². The molecular formula is C15H16N2O3. The third-order valence-corrected chi connectivity index (χ3v) is 3.84. The number of aliphatic carboxylic acids is 1. The van der Waals surface area contributed by atoms with Crippen molar-refractivity contribution in [3.8, 4) is 0 Å². The summed E-state index contributed by atoms with van der Waals surface area (Å²) in [6, 6.07) is 6.24. The molecule has 1 aliphatic carbocycles. The van der Waals surface area contributed by atoms with Crippen molar-refractivity contribution in [1.29, 1.82) is 0 Å². The first kappa shape index (κ1) is 12.8. The summed E-state index contributed by atoms with van der Waals surface area (Å²) in [6.07, 6.45) is 1.20. The molecule has 0 bridgehead atoms. The number of aromatic nitrogens is 2. The summed E-state index contributed by atoms with van der Waals surface area (Å²) in [7, 11) is 0. The van der Waals surface area contributed by atoms with Gasteiger partial charge in [-0.15, -0.1) is 0 Å². The molecule has 5 heteroatoms. The second-order valence-corrected chi connectivity index (χ2v) is 5.43. The number of carbonyl (C=O) groups is 1. The fourth-order valence-electron chi connectivity index (χ4n) is 2.33. The maximum atomic E-state index is 10.8. The Morgan fingerprint density at radius 3 is 2.85 bits per heavy atom. The second kappa shape index (κ2) is 4.74. The molecule has 1 fully saturated rings. The lowest BCUT2D eigenvalue weighted by molar-refractivity contribution is -0.138. The van der Waals surface area contributed by atoms with Crippen molar-refractivity contribution in [2.75, 3.05) is 0 Å². The highest BCUT2D eigenvalue weighted by atomic mass is 16.5. The molecule has 1 heterocycles. The minimum Gasteiger partial charge on any atom is -0.481 e. The Morgan fingerprint density at radius 1 is 1.40 bits per heavy atom. The molecule has 1 saturated carbocycles. The standard InChI is InChI=1S/C15H16N2O3/c1-8-3-4-10(5-9(8)2)6-13-16-14(20-17-13)11-7-12(11)15(18)19/h3-5,11-12H,6-7H2,1-2H3,(H,18,19). The van der Waals surface area contributed by atoms with Crippen molar-refractivity contribution < 1.29 is 14.4 Å². The monoisotopic (exact) mass is 272 g/mol. The van der Waals surface area contributed by atoms with Crippen molar-refractivity contribution in [1.82, 2.24) is 10.1 Å². The van der Waals surface area contributed by atoms with Crippen LogP contribution in [-0.4, -0.2) is 21.2 Å². The van der Waals surface area contributed by atoms with E-state index in [2.05, 4.69) is 42.2 Å². The third kappa shape index (κ3) is 2.43. The lowest BCUT2D eigenvalue weighted by Crippen LogP contribution is -1.99. The zero-order chi connectivity index (χ0) is 14.3. The molecule has 0 aliphatic heterocycles. The second-order valence-electron chi connectivity index (χ2n) is 5.43. The van der Waals surface area contributed by atoms with Crippen LogP contribution in [-0.2, 0) is 11.2 Å². The van der Waals surface area contributed by atoms with E-state index in [1.165, 1.54) is 11.1 Å². The van der Waals surface area contributed by atoms with Gasteiger partial charge in [0.05, 0.1) is 11.8 Å². The van der Waals surface area contributed by atoms with Crippen LogP contribution in [0.4, 0.5) is 0 Å². The molecule has 2 unspecified atom stereocenters. The zero-order valence-corrected chi connectivity index (χ0v) is 11.5. The van der Waals surface area contributed by atoms with Gasteiger partial charge in [-0.3, -0.25) is 4.79 Å². The number of aryl methyl sites for hydroxylation is 2. The number of nitrogens with zero attached hydrogens (tertiary/aromatic N) is 2. The number of benzene rings is 1. The van der Waals surface area contributed by atoms with Gasteiger partial charge in [0.15, 0.2) is 5.82 Å². The largest absolute Gasteiger partial charge is 0.481 e. The van der Waals surface area contributed by atoms with Crippen molar-refractivity contribution in [2.24, 2.45) is 5.92 Å². The molecule has 20 heavy (non-hydrogen) atoms. The molecule has 1 aliphatic rings. The predicted molar refractivity (Wildman–Crippen MR) is 71.5 cm³/mol. The lowest BCUT2D eigenvalue weighted by atomic mass is 10.0. The quantitative estimate of drug-likeness (QED) is 0.925. The minimum atomic E-state index is -0.788. The van der Waals surface area contributed by atoms with Crippen LogP contribution in [0, 0.1) is 19.8 Å². The van der Waals surface area contributed by atoms with E-state index in [0.717, 1.165) is 5.56 Å². The maximum absolute atomic E-state index is 10.8. The number of hydrogen-bond acceptors (Lipinski definition) is 4. The Kier molecular flexibility index (Phi) is 3.04. The molecule has 0 saturated heterocycles. The van der Waals surface area contributed by atoms with Crippen molar-refractivity contribution in [3.05, 3.63) is 46.6 Å². The van der Waals surface area contributed by atoms with Gasteiger partial charge in [-0.1, -0.05) is 23.4 Å². The van der Waals surface area contributed by atoms with E-state index in [4.69, 9.17) is 9.63 Å². The topological polar surface area (TPSA) is 76.2 Å². The van der Waals surface area contributed by atoms with Crippen LogP contribution in [0.25, 0.3) is 0 Å². The average Bonchev–Trinajstić information content (AvgIpc) is 3.08. The van der Waals surface area contributed by atoms with E-state index in [0.29, 0.717) is 24.6 Å². The summed E-state index contributed by atoms with van der Waals surface area (Å²) in [6.45, 7) is 4.15. The van der Waals surface area contributed by atoms with E-state index in [1.807, 2.05) is 0 Å². The Hall–Kier alpha value is -2.17. The van der Waals surface area contributed by atoms with Crippen molar-refractivity contribution >= 4 is 5.97 Å². The SMILES string of the molecule is Cc1ccc(Cc2noc(C3CC3C(=O)O)n2)cc1C. The summed E-state index contributed by atoms with van der Waals surface area (Å²) in [5.41, 5.74) is 3.62. The van der Waals surface area contributed by atoms with Crippen LogP contribution < -0.4 is 0 Å². The molecule has 1 aromatic carbocycles. The Morgan fingerprint density at radius 2 is 2.20 bits per heavy atom. The predicted octanol–water partition coefficient (Wildman–Crippen LogP) is 2.47. The number of carboxylic acids is 1. The first-order valence-electron chi connectivity index (χ1n) is 6.66. The molecule has 0 radical (unpaired) electrons. The van der Waals surface area contributed by atoms with Crippen LogP contribution in [0.5, 0.6) is 0 Å². The van der Waals surface area contributed by atoms with Gasteiger partial charge in [-0.05, 0) is 37.0 Å². The van der Waals surface area contributed by atoms with Crippen LogP contribution in [0.2, 0.25) is 0 Å². The van der Waals surface area contributed by atoms with Crippen molar-refractivity contribution in [2.45, 2.75) is 32.6 Å². The molecular weight excluding hydrogens is 256 g/mol. The highest BCUT2D eigenvalue weighted by Gasteiger charge is 2.48. The van der Waals surface area contributed by atoms with E-state index in [9.17, 15) is 4.79 Å². The van der Waals surface area contributed by atoms with Crippen LogP contribution in [0.1, 0.15) is 40.7 Å². The summed E-state index contributed by atoms with van der Waals surface area (Å²) in [5.74, 6) is -0.183. The molecule has 5 nitrogen and oxygen atoms in total. The lowest BCUT2D eigenvalue weighted by Gasteiger charge is -2.02. The van der Waals surface area contributed by atoms with Crippen molar-refractivity contribution in [3.63, 3.8) is 0 Å². The van der Waals surface area contributed by atoms with E-state index in [-0.39, 0.29) is 11.8 Å². The van der Waals surface area contributed by atoms with Gasteiger partial charge >= 0.3 is 5.97 Å². The van der Waals surface area contributed by atoms with Gasteiger partial charge in [0, 0.05) is 6.42 Å². The first-order valence-corrected chi connectivity index (χ1v) is 6.66. The molecule has 2 atom stereocenters. The maximum Gasteiger partial charge on any atom is 0.307 e. The Bertz CT molecular complexity index is 663. The van der Waals surface area contributed by atoms with Crippen LogP contribution >= 0.6 is 0 Å². The molecule has 0 amide bonds. The van der Waals surface area contributed by atoms with Gasteiger partial charge in [-0.25, -0.2) is 0 Å². The molecule has 2 aromatic rings. The third-order valence-electron chi connectivity index (χ3n) is 3.84. The molecule has 104 valence electrons. The molecule has 3 rings (SSSR count). The minimum absolute atomic E-state index is 0.103. The van der Waals surface area contributed by atoms with Gasteiger partial charge in [0.1, 0.15) is 0 Å². The first-order chi connectivity index (χ1) is 9.54. The van der Waals surface area contributed by atoms with Crippen LogP contribution in [0.15, 0.2) is 22.7 Å². The molecule has 1 N–H and O–H groups in total. The average molecular weight is 272 g/mol. The number of carboxylic acid groups (broad SMARTS) is 1. The highest BCUT2D eigenvalue weighted by Crippen LogP contribution is 2.46. The normalized spacial score (nSPS) is 20.9. The fraction of sp³-hybridized carbons (Fsp3) is 0.400. The highest BCUT2D eigenvalue weighted by molar-refractivity contribution is 5.74. The van der Waals surface area contributed by atoms with Gasteiger partial charge in [-0.2, -0.15) is 4.98 Å². The number of hydrogen-bond donors (Lipinski definition) is 1. The summed E-state index contributed by atoms with van der Waals surface area (Å²) >= 11 is 0. The summed E-state index contributed by atoms with van der Waals surface area (Å²) in [4.78, 5) is 15.1. The molecule has 0 spiro atoms. The fourth-order valence-corrected chi connectivity index (χ4v) is 2.33. The van der Waals surface area contributed by atoms with E-state index in [1.54, 1.807) is 0 Å². The molecule has 1 aromatic heterocycles. The number of rotatable bonds is 4. The van der Waals surface area contributed by atoms with Gasteiger partial charge in [0.25, 0.3) is 0 Å². The van der Waals surface area contributed by atoms with Gasteiger partial charge < -0.3 is 9.63 Å². The van der Waals surface area contributed by atoms with E-state index < -0.39 is 5.97 Å². The Balaban J connectivity index is 1.71. The summed E-state index contributed by atoms with van der Waals surface area (Å²) in [5, 5.41) is 12.8. The smallest absolute Gasteiger partial charge is 0.307 e. The Labute approximate surface area is 116 Å². The van der Waals surface area contributed by atoms with Gasteiger partial charge in [0.2, 0.25) is 5.89 Å².